The van der Waals surface area contributed by atoms with Crippen molar-refractivity contribution in [1.82, 2.24) is 4.72 Å². The molecule has 1 aliphatic carbocycles. The molecule has 0 aromatic rings. The highest BCUT2D eigenvalue weighted by molar-refractivity contribution is 7.89. The van der Waals surface area contributed by atoms with Crippen LogP contribution in [0, 0.1) is 5.41 Å². The third-order valence-electron chi connectivity index (χ3n) is 3.53. The van der Waals surface area contributed by atoms with Crippen molar-refractivity contribution in [1.29, 1.82) is 0 Å². The molecule has 0 spiro atoms. The average Bonchev–Trinajstić information content (AvgIpc) is 2.82. The van der Waals surface area contributed by atoms with Gasteiger partial charge < -0.3 is 9.84 Å². The van der Waals surface area contributed by atoms with E-state index in [1.165, 1.54) is 7.11 Å². The van der Waals surface area contributed by atoms with Gasteiger partial charge >= 0.3 is 11.9 Å². The molecular weight excluding hydrogens is 286 g/mol. The van der Waals surface area contributed by atoms with Gasteiger partial charge in [0.25, 0.3) is 0 Å². The number of methoxy groups -OCH3 is 1. The topological polar surface area (TPSA) is 110 Å². The number of carbonyl (C=O) groups excluding carboxylic acids is 1. The zero-order valence-electron chi connectivity index (χ0n) is 11.6. The zero-order valence-corrected chi connectivity index (χ0v) is 12.4. The van der Waals surface area contributed by atoms with Crippen molar-refractivity contribution in [2.75, 3.05) is 19.4 Å². The van der Waals surface area contributed by atoms with Crippen LogP contribution in [0.5, 0.6) is 0 Å². The van der Waals surface area contributed by atoms with Gasteiger partial charge in [0.1, 0.15) is 0 Å². The van der Waals surface area contributed by atoms with Gasteiger partial charge in [0.05, 0.1) is 18.3 Å². The Bertz CT molecular complexity index is 453. The molecule has 0 radical (unpaired) electrons. The van der Waals surface area contributed by atoms with E-state index in [2.05, 4.69) is 4.72 Å². The Kier molecular flexibility index (Phi) is 5.94. The average molecular weight is 307 g/mol. The van der Waals surface area contributed by atoms with Gasteiger partial charge in [-0.1, -0.05) is 12.8 Å². The second-order valence-electron chi connectivity index (χ2n) is 5.13. The smallest absolute Gasteiger partial charge is 0.312 e. The van der Waals surface area contributed by atoms with Crippen LogP contribution >= 0.6 is 0 Å². The highest BCUT2D eigenvalue weighted by Crippen LogP contribution is 2.40. The Hall–Kier alpha value is -1.15. The van der Waals surface area contributed by atoms with Crippen LogP contribution in [-0.2, 0) is 24.3 Å². The van der Waals surface area contributed by atoms with E-state index in [1.54, 1.807) is 0 Å². The van der Waals surface area contributed by atoms with Crippen LogP contribution < -0.4 is 4.72 Å². The van der Waals surface area contributed by atoms with E-state index >= 15 is 0 Å². The summed E-state index contributed by atoms with van der Waals surface area (Å²) in [7, 11) is -2.36. The molecule has 0 saturated heterocycles. The maximum absolute atomic E-state index is 12.0. The van der Waals surface area contributed by atoms with Crippen LogP contribution in [0.4, 0.5) is 0 Å². The number of hydrogen-bond donors (Lipinski definition) is 2. The molecule has 116 valence electrons. The summed E-state index contributed by atoms with van der Waals surface area (Å²) in [6, 6.07) is 0. The summed E-state index contributed by atoms with van der Waals surface area (Å²) in [4.78, 5) is 22.2. The normalized spacial score (nSPS) is 17.9. The molecule has 0 aromatic heterocycles. The Balaban J connectivity index is 2.59. The van der Waals surface area contributed by atoms with Crippen LogP contribution in [0.3, 0.4) is 0 Å². The molecule has 0 aromatic carbocycles. The van der Waals surface area contributed by atoms with Gasteiger partial charge in [-0.3, -0.25) is 9.59 Å². The summed E-state index contributed by atoms with van der Waals surface area (Å²) in [5.41, 5.74) is -0.951. The molecule has 7 nitrogen and oxygen atoms in total. The van der Waals surface area contributed by atoms with E-state index in [1.807, 2.05) is 0 Å². The van der Waals surface area contributed by atoms with E-state index in [4.69, 9.17) is 9.84 Å². The van der Waals surface area contributed by atoms with Crippen molar-refractivity contribution in [2.24, 2.45) is 5.41 Å². The minimum atomic E-state index is -3.62. The number of nitrogens with one attached hydrogen (secondary N) is 1. The molecule has 1 rings (SSSR count). The number of carbonyl (C=O) groups is 2. The largest absolute Gasteiger partial charge is 0.481 e. The molecular formula is C12H21NO6S. The van der Waals surface area contributed by atoms with Gasteiger partial charge in [0.2, 0.25) is 10.0 Å². The first-order chi connectivity index (χ1) is 9.31. The highest BCUT2D eigenvalue weighted by Gasteiger charge is 2.45. The van der Waals surface area contributed by atoms with Crippen molar-refractivity contribution >= 4 is 22.0 Å². The number of aliphatic carboxylic acids is 1. The minimum Gasteiger partial charge on any atom is -0.481 e. The van der Waals surface area contributed by atoms with Crippen LogP contribution in [0.15, 0.2) is 0 Å². The predicted octanol–water partition coefficient (Wildman–Crippen LogP) is 0.504. The second kappa shape index (κ2) is 7.03. The molecule has 0 amide bonds. The molecule has 0 bridgehead atoms. The van der Waals surface area contributed by atoms with E-state index in [9.17, 15) is 18.0 Å². The number of carboxylic acids is 1. The number of rotatable bonds is 8. The lowest BCUT2D eigenvalue weighted by atomic mass is 9.89. The fraction of sp³-hybridized carbons (Fsp3) is 0.833. The van der Waals surface area contributed by atoms with Crippen molar-refractivity contribution in [3.63, 3.8) is 0 Å². The van der Waals surface area contributed by atoms with Gasteiger partial charge in [-0.15, -0.1) is 0 Å². The molecule has 1 saturated carbocycles. The summed E-state index contributed by atoms with van der Waals surface area (Å²) in [5, 5.41) is 8.48. The first-order valence-electron chi connectivity index (χ1n) is 6.59. The summed E-state index contributed by atoms with van der Waals surface area (Å²) in [6.45, 7) is 0.0614. The first kappa shape index (κ1) is 16.9. The number of esters is 1. The number of carboxylic acid groups (broad SMARTS) is 1. The van der Waals surface area contributed by atoms with E-state index in [0.717, 1.165) is 12.8 Å². The van der Waals surface area contributed by atoms with E-state index in [0.29, 0.717) is 12.8 Å². The lowest BCUT2D eigenvalue weighted by Gasteiger charge is -2.25. The summed E-state index contributed by atoms with van der Waals surface area (Å²) in [6.07, 6.45) is 2.77. The van der Waals surface area contributed by atoms with Crippen LogP contribution in [0.2, 0.25) is 0 Å². The lowest BCUT2D eigenvalue weighted by Crippen LogP contribution is -2.41. The third-order valence-corrected chi connectivity index (χ3v) is 5.11. The number of sulfonamides is 1. The molecule has 0 aliphatic heterocycles. The minimum absolute atomic E-state index is 0.0614. The fourth-order valence-corrected chi connectivity index (χ4v) is 4.25. The van der Waals surface area contributed by atoms with E-state index < -0.39 is 27.4 Å². The van der Waals surface area contributed by atoms with Crippen LogP contribution in [0.1, 0.15) is 38.5 Å². The SMILES string of the molecule is COC(=O)C1(CS(=O)(=O)NCCCC(=O)O)CCCC1. The quantitative estimate of drug-likeness (QED) is 0.499. The maximum Gasteiger partial charge on any atom is 0.312 e. The standard InChI is InChI=1S/C12H21NO6S/c1-19-11(16)12(6-2-3-7-12)9-20(17,18)13-8-4-5-10(14)15/h13H,2-9H2,1H3,(H,14,15). The summed E-state index contributed by atoms with van der Waals surface area (Å²) >= 11 is 0. The highest BCUT2D eigenvalue weighted by atomic mass is 32.2. The van der Waals surface area contributed by atoms with Gasteiger partial charge in [-0.2, -0.15) is 0 Å². The molecule has 2 N–H and O–H groups in total. The molecule has 8 heteroatoms. The monoisotopic (exact) mass is 307 g/mol. The molecule has 1 fully saturated rings. The fourth-order valence-electron chi connectivity index (χ4n) is 2.56. The van der Waals surface area contributed by atoms with Gasteiger partial charge in [0, 0.05) is 13.0 Å². The van der Waals surface area contributed by atoms with Crippen LogP contribution in [-0.4, -0.2) is 44.9 Å². The lowest BCUT2D eigenvalue weighted by molar-refractivity contribution is -0.151. The van der Waals surface area contributed by atoms with Crippen molar-refractivity contribution in [2.45, 2.75) is 38.5 Å². The van der Waals surface area contributed by atoms with Gasteiger partial charge in [-0.25, -0.2) is 13.1 Å². The maximum atomic E-state index is 12.0. The Morgan fingerprint density at radius 1 is 1.30 bits per heavy atom. The van der Waals surface area contributed by atoms with Gasteiger partial charge in [0.15, 0.2) is 0 Å². The van der Waals surface area contributed by atoms with Crippen molar-refractivity contribution in [3.8, 4) is 0 Å². The van der Waals surface area contributed by atoms with Gasteiger partial charge in [-0.05, 0) is 19.3 Å². The Labute approximate surface area is 118 Å². The van der Waals surface area contributed by atoms with Crippen LogP contribution in [0.25, 0.3) is 0 Å². The zero-order chi connectivity index (χ0) is 15.2. The van der Waals surface area contributed by atoms with Crippen molar-refractivity contribution < 1.29 is 27.9 Å². The molecule has 1 aliphatic rings. The predicted molar refractivity (Wildman–Crippen MR) is 71.6 cm³/mol. The third kappa shape index (κ3) is 4.75. The van der Waals surface area contributed by atoms with E-state index in [-0.39, 0.29) is 25.1 Å². The first-order valence-corrected chi connectivity index (χ1v) is 8.24. The molecule has 0 unspecified atom stereocenters. The second-order valence-corrected chi connectivity index (χ2v) is 6.94. The molecule has 0 heterocycles. The molecule has 20 heavy (non-hydrogen) atoms. The number of hydrogen-bond acceptors (Lipinski definition) is 5. The summed E-state index contributed by atoms with van der Waals surface area (Å²) in [5.74, 6) is -1.74. The van der Waals surface area contributed by atoms with Crippen molar-refractivity contribution in [3.05, 3.63) is 0 Å². The summed E-state index contributed by atoms with van der Waals surface area (Å²) < 4.78 is 31.1. The Morgan fingerprint density at radius 2 is 1.90 bits per heavy atom. The number of ether oxygens (including phenoxy) is 1. The Morgan fingerprint density at radius 3 is 2.40 bits per heavy atom. The molecule has 0 atom stereocenters.